The van der Waals surface area contributed by atoms with Gasteiger partial charge in [0.05, 0.1) is 7.11 Å². The van der Waals surface area contributed by atoms with Crippen molar-refractivity contribution in [1.82, 2.24) is 0 Å². The highest BCUT2D eigenvalue weighted by atomic mass is 16.5. The molecule has 0 aromatic heterocycles. The summed E-state index contributed by atoms with van der Waals surface area (Å²) in [5.41, 5.74) is 2.26. The van der Waals surface area contributed by atoms with Crippen LogP contribution in [-0.2, 0) is 0 Å². The van der Waals surface area contributed by atoms with E-state index in [2.05, 4.69) is 41.4 Å². The van der Waals surface area contributed by atoms with E-state index in [4.69, 9.17) is 4.74 Å². The summed E-state index contributed by atoms with van der Waals surface area (Å²) in [5.74, 6) is 8.44. The van der Waals surface area contributed by atoms with Crippen LogP contribution in [0.2, 0.25) is 0 Å². The van der Waals surface area contributed by atoms with Crippen LogP contribution in [0.4, 0.5) is 5.69 Å². The van der Waals surface area contributed by atoms with Crippen LogP contribution in [0.15, 0.2) is 54.6 Å². The lowest BCUT2D eigenvalue weighted by atomic mass is 9.89. The molecule has 0 radical (unpaired) electrons. The molecule has 0 bridgehead atoms. The van der Waals surface area contributed by atoms with E-state index in [9.17, 15) is 0 Å². The van der Waals surface area contributed by atoms with E-state index in [1.165, 1.54) is 37.7 Å². The molecule has 1 N–H and O–H groups in total. The first kappa shape index (κ1) is 16.5. The maximum Gasteiger partial charge on any atom is 0.119 e. The molecule has 24 heavy (non-hydrogen) atoms. The Morgan fingerprint density at radius 1 is 0.958 bits per heavy atom. The summed E-state index contributed by atoms with van der Waals surface area (Å²) in [5, 5.41) is 3.56. The summed E-state index contributed by atoms with van der Waals surface area (Å²) in [4.78, 5) is 0. The maximum absolute atomic E-state index is 5.23. The van der Waals surface area contributed by atoms with E-state index >= 15 is 0 Å². The van der Waals surface area contributed by atoms with Gasteiger partial charge in [-0.3, -0.25) is 0 Å². The largest absolute Gasteiger partial charge is 0.497 e. The Hall–Kier alpha value is -2.40. The van der Waals surface area contributed by atoms with Crippen LogP contribution in [-0.4, -0.2) is 7.11 Å². The molecular formula is C22H25NO. The van der Waals surface area contributed by atoms with Crippen molar-refractivity contribution >= 4 is 5.69 Å². The second-order valence-corrected chi connectivity index (χ2v) is 6.34. The van der Waals surface area contributed by atoms with E-state index in [0.29, 0.717) is 5.92 Å². The molecule has 1 aliphatic rings. The predicted octanol–water partition coefficient (Wildman–Crippen LogP) is 5.43. The number of hydrogen-bond donors (Lipinski definition) is 1. The van der Waals surface area contributed by atoms with Gasteiger partial charge in [0.15, 0.2) is 0 Å². The van der Waals surface area contributed by atoms with Crippen molar-refractivity contribution in [2.75, 3.05) is 12.4 Å². The third kappa shape index (κ3) is 4.55. The van der Waals surface area contributed by atoms with Gasteiger partial charge in [-0.05, 0) is 42.7 Å². The molecule has 1 fully saturated rings. The van der Waals surface area contributed by atoms with Crippen LogP contribution in [0.3, 0.4) is 0 Å². The first-order chi connectivity index (χ1) is 11.8. The van der Waals surface area contributed by atoms with E-state index in [1.54, 1.807) is 7.11 Å². The van der Waals surface area contributed by atoms with Crippen LogP contribution < -0.4 is 10.1 Å². The number of methoxy groups -OCH3 is 1. The molecule has 0 amide bonds. The quantitative estimate of drug-likeness (QED) is 0.758. The normalized spacial score (nSPS) is 15.9. The minimum Gasteiger partial charge on any atom is -0.497 e. The van der Waals surface area contributed by atoms with Gasteiger partial charge in [0.2, 0.25) is 0 Å². The fraction of sp³-hybridized carbons (Fsp3) is 0.364. The first-order valence-corrected chi connectivity index (χ1v) is 8.82. The third-order valence-electron chi connectivity index (χ3n) is 4.57. The fourth-order valence-electron chi connectivity index (χ4n) is 3.15. The van der Waals surface area contributed by atoms with Gasteiger partial charge >= 0.3 is 0 Å². The van der Waals surface area contributed by atoms with Gasteiger partial charge in [-0.25, -0.2) is 0 Å². The highest BCUT2D eigenvalue weighted by molar-refractivity contribution is 5.50. The minimum atomic E-state index is 0.0153. The van der Waals surface area contributed by atoms with Crippen molar-refractivity contribution in [2.45, 2.75) is 38.1 Å². The van der Waals surface area contributed by atoms with Crippen LogP contribution in [0.25, 0.3) is 0 Å². The average molecular weight is 319 g/mol. The Bertz CT molecular complexity index is 675. The topological polar surface area (TPSA) is 21.3 Å². The van der Waals surface area contributed by atoms with Gasteiger partial charge in [0.25, 0.3) is 0 Å². The van der Waals surface area contributed by atoms with E-state index in [0.717, 1.165) is 11.4 Å². The van der Waals surface area contributed by atoms with Gasteiger partial charge in [-0.2, -0.15) is 0 Å². The van der Waals surface area contributed by atoms with Gasteiger partial charge in [-0.15, -0.1) is 0 Å². The number of anilines is 1. The summed E-state index contributed by atoms with van der Waals surface area (Å²) in [6.45, 7) is 0. The lowest BCUT2D eigenvalue weighted by Crippen LogP contribution is -2.10. The second kappa shape index (κ2) is 8.45. The lowest BCUT2D eigenvalue weighted by Gasteiger charge is -2.18. The second-order valence-electron chi connectivity index (χ2n) is 6.34. The minimum absolute atomic E-state index is 0.0153. The fourth-order valence-corrected chi connectivity index (χ4v) is 3.15. The molecule has 0 spiro atoms. The highest BCUT2D eigenvalue weighted by Gasteiger charge is 2.12. The smallest absolute Gasteiger partial charge is 0.119 e. The molecule has 0 unspecified atom stereocenters. The van der Waals surface area contributed by atoms with Gasteiger partial charge in [0.1, 0.15) is 11.8 Å². The molecule has 2 aromatic carbocycles. The molecule has 2 nitrogen and oxygen atoms in total. The number of nitrogens with one attached hydrogen (secondary N) is 1. The Morgan fingerprint density at radius 2 is 1.67 bits per heavy atom. The number of rotatable bonds is 4. The molecule has 0 saturated heterocycles. The molecule has 3 rings (SSSR count). The summed E-state index contributed by atoms with van der Waals surface area (Å²) >= 11 is 0. The summed E-state index contributed by atoms with van der Waals surface area (Å²) in [7, 11) is 1.69. The van der Waals surface area contributed by atoms with Crippen LogP contribution in [0.1, 0.15) is 43.7 Å². The zero-order valence-electron chi connectivity index (χ0n) is 14.3. The third-order valence-corrected chi connectivity index (χ3v) is 4.57. The maximum atomic E-state index is 5.23. The monoisotopic (exact) mass is 319 g/mol. The molecule has 0 heterocycles. The molecular weight excluding hydrogens is 294 g/mol. The SMILES string of the molecule is COc1ccc(N[C@@H](C#CC2CCCCC2)c2ccccc2)cc1. The Kier molecular flexibility index (Phi) is 5.80. The number of hydrogen-bond acceptors (Lipinski definition) is 2. The molecule has 1 atom stereocenters. The summed E-state index contributed by atoms with van der Waals surface area (Å²) < 4.78 is 5.23. The molecule has 2 aromatic rings. The number of benzene rings is 2. The van der Waals surface area contributed by atoms with E-state index in [-0.39, 0.29) is 6.04 Å². The first-order valence-electron chi connectivity index (χ1n) is 8.82. The standard InChI is InChI=1S/C22H25NO/c1-24-21-15-13-20(14-16-21)23-22(19-10-6-3-7-11-19)17-12-18-8-4-2-5-9-18/h3,6-7,10-11,13-16,18,22-23H,2,4-5,8-9H2,1H3/t22-/m0/s1. The van der Waals surface area contributed by atoms with Gasteiger partial charge in [0, 0.05) is 11.6 Å². The Labute approximate surface area is 145 Å². The zero-order chi connectivity index (χ0) is 16.6. The highest BCUT2D eigenvalue weighted by Crippen LogP contribution is 2.25. The van der Waals surface area contributed by atoms with Crippen molar-refractivity contribution in [2.24, 2.45) is 5.92 Å². The van der Waals surface area contributed by atoms with E-state index < -0.39 is 0 Å². The molecule has 1 saturated carbocycles. The van der Waals surface area contributed by atoms with E-state index in [1.807, 2.05) is 30.3 Å². The molecule has 1 aliphatic carbocycles. The number of ether oxygens (including phenoxy) is 1. The van der Waals surface area contributed by atoms with Gasteiger partial charge < -0.3 is 10.1 Å². The van der Waals surface area contributed by atoms with Crippen molar-refractivity contribution < 1.29 is 4.74 Å². The Morgan fingerprint density at radius 3 is 2.33 bits per heavy atom. The zero-order valence-corrected chi connectivity index (χ0v) is 14.3. The van der Waals surface area contributed by atoms with Crippen molar-refractivity contribution in [1.29, 1.82) is 0 Å². The average Bonchev–Trinajstić information content (AvgIpc) is 2.67. The predicted molar refractivity (Wildman–Crippen MR) is 100 cm³/mol. The Balaban J connectivity index is 1.78. The van der Waals surface area contributed by atoms with Crippen molar-refractivity contribution in [3.63, 3.8) is 0 Å². The lowest BCUT2D eigenvalue weighted by molar-refractivity contribution is 0.415. The summed E-state index contributed by atoms with van der Waals surface area (Å²) in [6.07, 6.45) is 6.50. The van der Waals surface area contributed by atoms with Crippen molar-refractivity contribution in [3.8, 4) is 17.6 Å². The molecule has 124 valence electrons. The summed E-state index contributed by atoms with van der Waals surface area (Å²) in [6, 6.07) is 18.5. The molecule has 2 heteroatoms. The van der Waals surface area contributed by atoms with Crippen LogP contribution in [0, 0.1) is 17.8 Å². The van der Waals surface area contributed by atoms with Crippen LogP contribution >= 0.6 is 0 Å². The van der Waals surface area contributed by atoms with Crippen LogP contribution in [0.5, 0.6) is 5.75 Å². The molecule has 0 aliphatic heterocycles. The van der Waals surface area contributed by atoms with Crippen molar-refractivity contribution in [3.05, 3.63) is 60.2 Å². The van der Waals surface area contributed by atoms with Gasteiger partial charge in [-0.1, -0.05) is 61.4 Å².